The molecule has 0 aliphatic heterocycles. The Hall–Kier alpha value is -0.900. The molecule has 0 heterocycles. The van der Waals surface area contributed by atoms with E-state index in [0.29, 0.717) is 6.54 Å². The average Bonchev–Trinajstić information content (AvgIpc) is 2.13. The van der Waals surface area contributed by atoms with Crippen LogP contribution >= 0.6 is 11.6 Å². The van der Waals surface area contributed by atoms with Crippen LogP contribution in [0.5, 0.6) is 0 Å². The van der Waals surface area contributed by atoms with Crippen LogP contribution in [0.3, 0.4) is 0 Å². The summed E-state index contributed by atoms with van der Waals surface area (Å²) in [6, 6.07) is 5.35. The van der Waals surface area contributed by atoms with Gasteiger partial charge in [-0.15, -0.1) is 11.6 Å². The topological polar surface area (TPSA) is 12.0 Å². The van der Waals surface area contributed by atoms with E-state index in [9.17, 15) is 13.2 Å². The van der Waals surface area contributed by atoms with Crippen molar-refractivity contribution >= 4 is 17.3 Å². The molecule has 1 rings (SSSR count). The first-order chi connectivity index (χ1) is 6.91. The van der Waals surface area contributed by atoms with Gasteiger partial charge in [0.15, 0.2) is 0 Å². The normalized spacial score (nSPS) is 13.7. The zero-order valence-electron chi connectivity index (χ0n) is 8.11. The van der Waals surface area contributed by atoms with Crippen molar-refractivity contribution in [3.05, 3.63) is 29.8 Å². The van der Waals surface area contributed by atoms with Crippen LogP contribution in [0.1, 0.15) is 12.5 Å². The second kappa shape index (κ2) is 4.75. The fourth-order valence-corrected chi connectivity index (χ4v) is 1.21. The van der Waals surface area contributed by atoms with Crippen molar-refractivity contribution in [3.8, 4) is 0 Å². The molecule has 1 unspecified atom stereocenters. The molecule has 0 radical (unpaired) electrons. The van der Waals surface area contributed by atoms with E-state index in [0.717, 1.165) is 6.07 Å². The third-order valence-corrected chi connectivity index (χ3v) is 1.96. The van der Waals surface area contributed by atoms with Crippen molar-refractivity contribution in [1.29, 1.82) is 0 Å². The van der Waals surface area contributed by atoms with Gasteiger partial charge in [-0.25, -0.2) is 0 Å². The molecule has 1 nitrogen and oxygen atoms in total. The summed E-state index contributed by atoms with van der Waals surface area (Å²) in [5.41, 5.74) is -0.597. The van der Waals surface area contributed by atoms with E-state index in [4.69, 9.17) is 11.6 Å². The summed E-state index contributed by atoms with van der Waals surface area (Å²) in [5, 5.41) is 2.45. The number of halogens is 4. The molecule has 0 saturated heterocycles. The lowest BCUT2D eigenvalue weighted by atomic mass is 10.1. The maximum atomic E-state index is 12.5. The molecule has 0 fully saturated rings. The van der Waals surface area contributed by atoms with Gasteiger partial charge in [-0.3, -0.25) is 0 Å². The third-order valence-electron chi connectivity index (χ3n) is 1.81. The van der Waals surface area contributed by atoms with Gasteiger partial charge in [0.1, 0.15) is 0 Å². The maximum absolute atomic E-state index is 12.5. The molecule has 0 spiro atoms. The van der Waals surface area contributed by atoms with Crippen LogP contribution in [-0.4, -0.2) is 11.9 Å². The minimum atomic E-state index is -4.33. The van der Waals surface area contributed by atoms with Gasteiger partial charge < -0.3 is 5.32 Å². The summed E-state index contributed by atoms with van der Waals surface area (Å²) >= 11 is 5.65. The molecule has 1 aromatic carbocycles. The van der Waals surface area contributed by atoms with E-state index >= 15 is 0 Å². The van der Waals surface area contributed by atoms with Crippen LogP contribution in [0.2, 0.25) is 0 Å². The summed E-state index contributed by atoms with van der Waals surface area (Å²) in [5.74, 6) is 0. The molecule has 84 valence electrons. The first kappa shape index (κ1) is 12.2. The molecule has 1 aromatic rings. The number of para-hydroxylation sites is 1. The van der Waals surface area contributed by atoms with Gasteiger partial charge in [0.05, 0.1) is 5.56 Å². The van der Waals surface area contributed by atoms with Crippen molar-refractivity contribution in [1.82, 2.24) is 0 Å². The Morgan fingerprint density at radius 3 is 2.47 bits per heavy atom. The highest BCUT2D eigenvalue weighted by atomic mass is 35.5. The predicted molar refractivity (Wildman–Crippen MR) is 55.2 cm³/mol. The smallest absolute Gasteiger partial charge is 0.383 e. The van der Waals surface area contributed by atoms with E-state index < -0.39 is 11.7 Å². The lowest BCUT2D eigenvalue weighted by Crippen LogP contribution is -2.15. The number of alkyl halides is 4. The molecule has 0 bridgehead atoms. The Balaban J connectivity index is 2.87. The minimum Gasteiger partial charge on any atom is -0.383 e. The second-order valence-corrected chi connectivity index (χ2v) is 3.95. The summed E-state index contributed by atoms with van der Waals surface area (Å²) in [4.78, 5) is 0. The first-order valence-electron chi connectivity index (χ1n) is 4.45. The molecule has 1 atom stereocenters. The quantitative estimate of drug-likeness (QED) is 0.790. The molecular weight excluding hydrogens is 227 g/mol. The van der Waals surface area contributed by atoms with Crippen molar-refractivity contribution < 1.29 is 13.2 Å². The van der Waals surface area contributed by atoms with E-state index in [-0.39, 0.29) is 11.1 Å². The fraction of sp³-hybridized carbons (Fsp3) is 0.400. The number of benzene rings is 1. The summed E-state index contributed by atoms with van der Waals surface area (Å²) in [6.07, 6.45) is -4.33. The number of anilines is 1. The van der Waals surface area contributed by atoms with Crippen LogP contribution < -0.4 is 5.32 Å². The largest absolute Gasteiger partial charge is 0.418 e. The Bertz CT molecular complexity index is 323. The van der Waals surface area contributed by atoms with Crippen LogP contribution in [0.15, 0.2) is 24.3 Å². The van der Waals surface area contributed by atoms with Gasteiger partial charge >= 0.3 is 6.18 Å². The second-order valence-electron chi connectivity index (χ2n) is 3.21. The summed E-state index contributed by atoms with van der Waals surface area (Å²) in [7, 11) is 0. The first-order valence-corrected chi connectivity index (χ1v) is 4.89. The molecule has 0 amide bonds. The number of hydrogen-bond donors (Lipinski definition) is 1. The summed E-state index contributed by atoms with van der Waals surface area (Å²) < 4.78 is 37.5. The van der Waals surface area contributed by atoms with Crippen molar-refractivity contribution in [2.24, 2.45) is 0 Å². The Kier molecular flexibility index (Phi) is 3.85. The highest BCUT2D eigenvalue weighted by Gasteiger charge is 2.32. The third kappa shape index (κ3) is 3.63. The molecular formula is C10H11ClF3N. The molecule has 0 aromatic heterocycles. The highest BCUT2D eigenvalue weighted by Crippen LogP contribution is 2.34. The Labute approximate surface area is 91.2 Å². The van der Waals surface area contributed by atoms with E-state index in [1.807, 2.05) is 0 Å². The van der Waals surface area contributed by atoms with Crippen LogP contribution in [0.25, 0.3) is 0 Å². The van der Waals surface area contributed by atoms with E-state index in [1.165, 1.54) is 12.1 Å². The number of nitrogens with one attached hydrogen (secondary N) is 1. The molecule has 0 saturated carbocycles. The van der Waals surface area contributed by atoms with E-state index in [1.54, 1.807) is 13.0 Å². The molecule has 5 heteroatoms. The van der Waals surface area contributed by atoms with E-state index in [2.05, 4.69) is 5.32 Å². The Morgan fingerprint density at radius 2 is 1.93 bits per heavy atom. The molecule has 0 aliphatic rings. The predicted octanol–water partition coefficient (Wildman–Crippen LogP) is 3.74. The zero-order valence-corrected chi connectivity index (χ0v) is 8.86. The average molecular weight is 238 g/mol. The van der Waals surface area contributed by atoms with Crippen LogP contribution in [0, 0.1) is 0 Å². The van der Waals surface area contributed by atoms with Crippen molar-refractivity contribution in [3.63, 3.8) is 0 Å². The van der Waals surface area contributed by atoms with Crippen LogP contribution in [-0.2, 0) is 6.18 Å². The maximum Gasteiger partial charge on any atom is 0.418 e. The molecule has 15 heavy (non-hydrogen) atoms. The van der Waals surface area contributed by atoms with Crippen molar-refractivity contribution in [2.75, 3.05) is 11.9 Å². The van der Waals surface area contributed by atoms with Gasteiger partial charge in [0.25, 0.3) is 0 Å². The van der Waals surface area contributed by atoms with Crippen LogP contribution in [0.4, 0.5) is 18.9 Å². The Morgan fingerprint density at radius 1 is 1.33 bits per heavy atom. The molecule has 1 N–H and O–H groups in total. The fourth-order valence-electron chi connectivity index (χ4n) is 1.14. The zero-order chi connectivity index (χ0) is 11.5. The van der Waals surface area contributed by atoms with Gasteiger partial charge in [-0.1, -0.05) is 12.1 Å². The molecule has 0 aliphatic carbocycles. The van der Waals surface area contributed by atoms with Gasteiger partial charge in [0.2, 0.25) is 0 Å². The number of hydrogen-bond acceptors (Lipinski definition) is 1. The lowest BCUT2D eigenvalue weighted by molar-refractivity contribution is -0.136. The van der Waals surface area contributed by atoms with Crippen molar-refractivity contribution in [2.45, 2.75) is 18.5 Å². The van der Waals surface area contributed by atoms with Gasteiger partial charge in [-0.2, -0.15) is 13.2 Å². The van der Waals surface area contributed by atoms with Gasteiger partial charge in [0, 0.05) is 17.6 Å². The minimum absolute atomic E-state index is 0.0671. The lowest BCUT2D eigenvalue weighted by Gasteiger charge is -2.14. The highest BCUT2D eigenvalue weighted by molar-refractivity contribution is 6.20. The standard InChI is InChI=1S/C10H11ClF3N/c1-7(11)6-15-9-5-3-2-4-8(9)10(12,13)14/h2-5,7,15H,6H2,1H3. The van der Waals surface area contributed by atoms with Gasteiger partial charge in [-0.05, 0) is 19.1 Å². The SMILES string of the molecule is CC(Cl)CNc1ccccc1C(F)(F)F. The summed E-state index contributed by atoms with van der Waals surface area (Å²) in [6.45, 7) is 2.01. The number of rotatable bonds is 3. The monoisotopic (exact) mass is 237 g/mol.